The van der Waals surface area contributed by atoms with E-state index in [1.165, 1.54) is 10.1 Å². The summed E-state index contributed by atoms with van der Waals surface area (Å²) in [4.78, 5) is 57.5. The summed E-state index contributed by atoms with van der Waals surface area (Å²) in [5.41, 5.74) is 8.20. The van der Waals surface area contributed by atoms with Gasteiger partial charge in [0, 0.05) is 19.6 Å². The standard InChI is InChI=1S/C30H35N5O4/c1-2-34-29(38)26(27(31)35(30(34)39)18-21-10-4-3-5-11-21)25(36)20-32-16-9-8-14-24(32)28(37)33-17-15-22-12-6-7-13-23(22)19-33/h3-7,10-13,24H,2,8-9,14-20,31H2,1H3. The number of hydrogen-bond donors (Lipinski definition) is 1. The van der Waals surface area contributed by atoms with Crippen molar-refractivity contribution in [3.05, 3.63) is 97.7 Å². The third-order valence-electron chi connectivity index (χ3n) is 7.93. The van der Waals surface area contributed by atoms with Gasteiger partial charge >= 0.3 is 5.69 Å². The highest BCUT2D eigenvalue weighted by Crippen LogP contribution is 2.24. The molecule has 9 heteroatoms. The topological polar surface area (TPSA) is 111 Å². The summed E-state index contributed by atoms with van der Waals surface area (Å²) in [6.07, 6.45) is 3.23. The second-order valence-corrected chi connectivity index (χ2v) is 10.3. The van der Waals surface area contributed by atoms with Gasteiger partial charge in [-0.2, -0.15) is 0 Å². The van der Waals surface area contributed by atoms with Crippen LogP contribution in [0.3, 0.4) is 0 Å². The van der Waals surface area contributed by atoms with Crippen molar-refractivity contribution in [3.63, 3.8) is 0 Å². The molecule has 1 aromatic heterocycles. The van der Waals surface area contributed by atoms with Crippen molar-refractivity contribution in [3.8, 4) is 0 Å². The molecule has 1 amide bonds. The molecule has 2 aliphatic rings. The highest BCUT2D eigenvalue weighted by molar-refractivity contribution is 6.01. The zero-order valence-corrected chi connectivity index (χ0v) is 22.3. The van der Waals surface area contributed by atoms with Crippen molar-refractivity contribution in [2.45, 2.75) is 58.3 Å². The van der Waals surface area contributed by atoms with Crippen LogP contribution in [-0.4, -0.2) is 56.3 Å². The summed E-state index contributed by atoms with van der Waals surface area (Å²) in [6.45, 7) is 3.64. The van der Waals surface area contributed by atoms with Crippen molar-refractivity contribution in [1.82, 2.24) is 18.9 Å². The molecule has 0 radical (unpaired) electrons. The molecule has 3 aromatic rings. The lowest BCUT2D eigenvalue weighted by Gasteiger charge is -2.38. The van der Waals surface area contributed by atoms with E-state index in [9.17, 15) is 19.2 Å². The second-order valence-electron chi connectivity index (χ2n) is 10.3. The third kappa shape index (κ3) is 5.31. The minimum absolute atomic E-state index is 0.0185. The van der Waals surface area contributed by atoms with E-state index < -0.39 is 23.1 Å². The van der Waals surface area contributed by atoms with Crippen LogP contribution in [0.2, 0.25) is 0 Å². The van der Waals surface area contributed by atoms with Crippen molar-refractivity contribution in [2.75, 3.05) is 25.4 Å². The summed E-state index contributed by atoms with van der Waals surface area (Å²) in [5, 5.41) is 0. The van der Waals surface area contributed by atoms with Crippen LogP contribution >= 0.6 is 0 Å². The van der Waals surface area contributed by atoms with Crippen molar-refractivity contribution in [2.24, 2.45) is 0 Å². The van der Waals surface area contributed by atoms with Crippen LogP contribution in [0.4, 0.5) is 5.82 Å². The Bertz CT molecular complexity index is 1490. The number of likely N-dealkylation sites (tertiary alicyclic amines) is 1. The highest BCUT2D eigenvalue weighted by atomic mass is 16.2. The number of nitrogens with zero attached hydrogens (tertiary/aromatic N) is 4. The van der Waals surface area contributed by atoms with Gasteiger partial charge in [-0.05, 0) is 49.4 Å². The molecule has 1 unspecified atom stereocenters. The molecule has 2 aliphatic heterocycles. The summed E-state index contributed by atoms with van der Waals surface area (Å²) < 4.78 is 2.34. The number of hydrogen-bond acceptors (Lipinski definition) is 6. The molecule has 9 nitrogen and oxygen atoms in total. The number of benzene rings is 2. The van der Waals surface area contributed by atoms with Gasteiger partial charge in [0.1, 0.15) is 11.4 Å². The van der Waals surface area contributed by atoms with Gasteiger partial charge in [0.05, 0.1) is 19.1 Å². The first-order valence-corrected chi connectivity index (χ1v) is 13.7. The highest BCUT2D eigenvalue weighted by Gasteiger charge is 2.35. The number of piperidine rings is 1. The van der Waals surface area contributed by atoms with Crippen LogP contribution in [0.15, 0.2) is 64.2 Å². The number of carbonyl (C=O) groups is 2. The number of nitrogens with two attached hydrogens (primary N) is 1. The molecule has 2 N–H and O–H groups in total. The van der Waals surface area contributed by atoms with Crippen LogP contribution < -0.4 is 17.0 Å². The van der Waals surface area contributed by atoms with Crippen LogP contribution in [0, 0.1) is 0 Å². The van der Waals surface area contributed by atoms with Gasteiger partial charge in [0.15, 0.2) is 5.78 Å². The van der Waals surface area contributed by atoms with E-state index >= 15 is 0 Å². The second kappa shape index (κ2) is 11.4. The van der Waals surface area contributed by atoms with Crippen LogP contribution in [0.1, 0.15) is 53.2 Å². The van der Waals surface area contributed by atoms with E-state index in [-0.39, 0.29) is 36.9 Å². The molecule has 0 aliphatic carbocycles. The van der Waals surface area contributed by atoms with E-state index in [4.69, 9.17) is 5.73 Å². The fourth-order valence-corrected chi connectivity index (χ4v) is 5.79. The van der Waals surface area contributed by atoms with Crippen LogP contribution in [-0.2, 0) is 30.8 Å². The Hall–Kier alpha value is -3.98. The Morgan fingerprint density at radius 1 is 0.923 bits per heavy atom. The van der Waals surface area contributed by atoms with Crippen molar-refractivity contribution < 1.29 is 9.59 Å². The number of anilines is 1. The average Bonchev–Trinajstić information content (AvgIpc) is 2.96. The number of amides is 1. The van der Waals surface area contributed by atoms with E-state index in [2.05, 4.69) is 12.1 Å². The lowest BCUT2D eigenvalue weighted by molar-refractivity contribution is -0.139. The monoisotopic (exact) mass is 529 g/mol. The van der Waals surface area contributed by atoms with Crippen LogP contribution in [0.5, 0.6) is 0 Å². The number of carbonyl (C=O) groups excluding carboxylic acids is 2. The van der Waals surface area contributed by atoms with Gasteiger partial charge in [-0.1, -0.05) is 61.0 Å². The molecular formula is C30H35N5O4. The van der Waals surface area contributed by atoms with Gasteiger partial charge in [0.2, 0.25) is 5.91 Å². The van der Waals surface area contributed by atoms with Gasteiger partial charge in [-0.15, -0.1) is 0 Å². The molecular weight excluding hydrogens is 494 g/mol. The predicted octanol–water partition coefficient (Wildman–Crippen LogP) is 2.28. The van der Waals surface area contributed by atoms with E-state index in [0.29, 0.717) is 26.1 Å². The quantitative estimate of drug-likeness (QED) is 0.470. The summed E-state index contributed by atoms with van der Waals surface area (Å²) in [5.74, 6) is -0.578. The number of Topliss-reactive ketones (excluding diaryl/α,β-unsaturated/α-hetero) is 1. The lowest BCUT2D eigenvalue weighted by atomic mass is 9.96. The molecule has 5 rings (SSSR count). The van der Waals surface area contributed by atoms with Gasteiger partial charge in [-0.25, -0.2) is 4.79 Å². The zero-order chi connectivity index (χ0) is 27.5. The first-order chi connectivity index (χ1) is 18.9. The first-order valence-electron chi connectivity index (χ1n) is 13.7. The Balaban J connectivity index is 1.41. The molecule has 0 bridgehead atoms. The largest absolute Gasteiger partial charge is 0.384 e. The number of nitrogen functional groups attached to an aromatic ring is 1. The normalized spacial score (nSPS) is 17.6. The Labute approximate surface area is 227 Å². The minimum Gasteiger partial charge on any atom is -0.384 e. The van der Waals surface area contributed by atoms with E-state index in [1.807, 2.05) is 52.3 Å². The number of rotatable bonds is 7. The first kappa shape index (κ1) is 26.6. The fraction of sp³-hybridized carbons (Fsp3) is 0.400. The zero-order valence-electron chi connectivity index (χ0n) is 22.3. The lowest BCUT2D eigenvalue weighted by Crippen LogP contribution is -2.53. The number of ketones is 1. The summed E-state index contributed by atoms with van der Waals surface area (Å²) >= 11 is 0. The molecule has 1 fully saturated rings. The predicted molar refractivity (Wildman–Crippen MR) is 150 cm³/mol. The Morgan fingerprint density at radius 3 is 2.38 bits per heavy atom. The molecule has 1 saturated heterocycles. The SMILES string of the molecule is CCn1c(=O)c(C(=O)CN2CCCCC2C(=O)N2CCc3ccccc3C2)c(N)n(Cc2ccccc2)c1=O. The Kier molecular flexibility index (Phi) is 7.79. The van der Waals surface area contributed by atoms with Crippen molar-refractivity contribution >= 4 is 17.5 Å². The van der Waals surface area contributed by atoms with Crippen LogP contribution in [0.25, 0.3) is 0 Å². The van der Waals surface area contributed by atoms with E-state index in [1.54, 1.807) is 6.92 Å². The molecule has 0 spiro atoms. The van der Waals surface area contributed by atoms with Gasteiger partial charge < -0.3 is 10.6 Å². The Morgan fingerprint density at radius 2 is 1.64 bits per heavy atom. The smallest absolute Gasteiger partial charge is 0.332 e. The van der Waals surface area contributed by atoms with Gasteiger partial charge in [-0.3, -0.25) is 28.4 Å². The van der Waals surface area contributed by atoms with Gasteiger partial charge in [0.25, 0.3) is 5.56 Å². The van der Waals surface area contributed by atoms with E-state index in [0.717, 1.165) is 35.0 Å². The molecule has 204 valence electrons. The number of aromatic nitrogens is 2. The van der Waals surface area contributed by atoms with Crippen molar-refractivity contribution in [1.29, 1.82) is 0 Å². The summed E-state index contributed by atoms with van der Waals surface area (Å²) in [6, 6.07) is 17.0. The maximum atomic E-state index is 13.7. The maximum Gasteiger partial charge on any atom is 0.332 e. The molecule has 2 aromatic carbocycles. The molecule has 3 heterocycles. The third-order valence-corrected chi connectivity index (χ3v) is 7.93. The fourth-order valence-electron chi connectivity index (χ4n) is 5.79. The molecule has 39 heavy (non-hydrogen) atoms. The maximum absolute atomic E-state index is 13.7. The summed E-state index contributed by atoms with van der Waals surface area (Å²) in [7, 11) is 0. The molecule has 0 saturated carbocycles. The minimum atomic E-state index is -0.679. The average molecular weight is 530 g/mol. The molecule has 1 atom stereocenters. The number of fused-ring (bicyclic) bond motifs is 1.